The maximum atomic E-state index is 12.5. The van der Waals surface area contributed by atoms with Crippen LogP contribution in [0.3, 0.4) is 0 Å². The van der Waals surface area contributed by atoms with E-state index in [-0.39, 0.29) is 17.9 Å². The third-order valence-corrected chi connectivity index (χ3v) is 5.78. The van der Waals surface area contributed by atoms with Crippen LogP contribution in [0.15, 0.2) is 66.7 Å². The molecule has 0 radical (unpaired) electrons. The second-order valence-electron chi connectivity index (χ2n) is 7.71. The number of rotatable bonds is 6. The molecule has 2 atom stereocenters. The number of carbonyl (C=O) groups excluding carboxylic acids is 2. The normalized spacial score (nSPS) is 16.9. The summed E-state index contributed by atoms with van der Waals surface area (Å²) < 4.78 is 0. The van der Waals surface area contributed by atoms with E-state index in [9.17, 15) is 9.59 Å². The van der Waals surface area contributed by atoms with Crippen molar-refractivity contribution in [2.45, 2.75) is 25.3 Å². The lowest BCUT2D eigenvalue weighted by Gasteiger charge is -2.32. The van der Waals surface area contributed by atoms with Crippen LogP contribution in [0.5, 0.6) is 0 Å². The molecule has 0 spiro atoms. The van der Waals surface area contributed by atoms with Crippen LogP contribution >= 0.6 is 0 Å². The lowest BCUT2D eigenvalue weighted by Crippen LogP contribution is -2.42. The van der Waals surface area contributed by atoms with Gasteiger partial charge >= 0.3 is 0 Å². The van der Waals surface area contributed by atoms with E-state index < -0.39 is 5.91 Å². The molecule has 154 valence electrons. The van der Waals surface area contributed by atoms with Gasteiger partial charge in [-0.15, -0.1) is 0 Å². The van der Waals surface area contributed by atoms with Crippen LogP contribution in [-0.4, -0.2) is 36.2 Å². The number of nitrogens with zero attached hydrogens (tertiary/aromatic N) is 1. The molecule has 1 saturated heterocycles. The molecule has 2 amide bonds. The largest absolute Gasteiger partial charge is 0.359 e. The van der Waals surface area contributed by atoms with Crippen molar-refractivity contribution in [3.63, 3.8) is 0 Å². The summed E-state index contributed by atoms with van der Waals surface area (Å²) in [6.07, 6.45) is 0.736. The molecule has 3 N–H and O–H groups in total. The van der Waals surface area contributed by atoms with Gasteiger partial charge in [-0.1, -0.05) is 49.4 Å². The van der Waals surface area contributed by atoms with Crippen LogP contribution in [0.1, 0.15) is 35.2 Å². The van der Waals surface area contributed by atoms with E-state index in [0.29, 0.717) is 18.7 Å². The van der Waals surface area contributed by atoms with Crippen molar-refractivity contribution in [2.24, 2.45) is 0 Å². The van der Waals surface area contributed by atoms with Gasteiger partial charge in [-0.05, 0) is 52.9 Å². The van der Waals surface area contributed by atoms with Crippen molar-refractivity contribution in [1.29, 1.82) is 0 Å². The zero-order valence-electron chi connectivity index (χ0n) is 16.8. The molecule has 6 heteroatoms. The standard InChI is InChI=1S/C24H25N3O3/c1-16(20-8-4-6-17-5-2-3-7-21(17)20)15-27(22-13-14-25-24(22)29)19-11-9-18(10-12-19)23(28)26-30/h2-12,16,22,30H,13-15H2,1H3,(H,25,29)(H,26,28). The van der Waals surface area contributed by atoms with Crippen LogP contribution < -0.4 is 15.7 Å². The number of fused-ring (bicyclic) bond motifs is 1. The van der Waals surface area contributed by atoms with Gasteiger partial charge < -0.3 is 10.2 Å². The molecule has 30 heavy (non-hydrogen) atoms. The number of anilines is 1. The fraction of sp³-hybridized carbons (Fsp3) is 0.250. The molecule has 0 aromatic heterocycles. The molecule has 3 aromatic rings. The average Bonchev–Trinajstić information content (AvgIpc) is 3.22. The first-order chi connectivity index (χ1) is 14.6. The Labute approximate surface area is 175 Å². The zero-order valence-corrected chi connectivity index (χ0v) is 16.8. The fourth-order valence-electron chi connectivity index (χ4n) is 4.23. The van der Waals surface area contributed by atoms with E-state index in [1.165, 1.54) is 16.3 Å². The van der Waals surface area contributed by atoms with Gasteiger partial charge in [0.25, 0.3) is 5.91 Å². The summed E-state index contributed by atoms with van der Waals surface area (Å²) in [7, 11) is 0. The average molecular weight is 403 g/mol. The minimum Gasteiger partial charge on any atom is -0.359 e. The van der Waals surface area contributed by atoms with Gasteiger partial charge in [-0.3, -0.25) is 14.8 Å². The highest BCUT2D eigenvalue weighted by molar-refractivity contribution is 5.94. The maximum absolute atomic E-state index is 12.5. The van der Waals surface area contributed by atoms with Crippen molar-refractivity contribution < 1.29 is 14.8 Å². The van der Waals surface area contributed by atoms with Gasteiger partial charge in [-0.2, -0.15) is 0 Å². The molecule has 0 aliphatic carbocycles. The van der Waals surface area contributed by atoms with Gasteiger partial charge in [0.15, 0.2) is 0 Å². The molecule has 3 aromatic carbocycles. The molecular weight excluding hydrogens is 378 g/mol. The van der Waals surface area contributed by atoms with Gasteiger partial charge in [0.05, 0.1) is 0 Å². The van der Waals surface area contributed by atoms with Crippen molar-refractivity contribution in [2.75, 3.05) is 18.0 Å². The summed E-state index contributed by atoms with van der Waals surface area (Å²) in [5.41, 5.74) is 4.12. The van der Waals surface area contributed by atoms with Crippen LogP contribution in [0, 0.1) is 0 Å². The monoisotopic (exact) mass is 403 g/mol. The summed E-state index contributed by atoms with van der Waals surface area (Å²) in [5, 5.41) is 14.2. The van der Waals surface area contributed by atoms with Crippen LogP contribution in [0.25, 0.3) is 10.8 Å². The lowest BCUT2D eigenvalue weighted by molar-refractivity contribution is -0.120. The maximum Gasteiger partial charge on any atom is 0.274 e. The fourth-order valence-corrected chi connectivity index (χ4v) is 4.23. The number of carbonyl (C=O) groups is 2. The number of hydroxylamine groups is 1. The molecular formula is C24H25N3O3. The summed E-state index contributed by atoms with van der Waals surface area (Å²) in [6, 6.07) is 21.4. The number of hydrogen-bond donors (Lipinski definition) is 3. The van der Waals surface area contributed by atoms with Crippen molar-refractivity contribution >= 4 is 28.3 Å². The molecule has 1 fully saturated rings. The Morgan fingerprint density at radius 2 is 1.87 bits per heavy atom. The first-order valence-corrected chi connectivity index (χ1v) is 10.1. The molecule has 1 heterocycles. The Bertz CT molecular complexity index is 1060. The molecule has 1 aliphatic heterocycles. The highest BCUT2D eigenvalue weighted by atomic mass is 16.5. The van der Waals surface area contributed by atoms with Crippen LogP contribution in [-0.2, 0) is 4.79 Å². The van der Waals surface area contributed by atoms with Crippen LogP contribution in [0.2, 0.25) is 0 Å². The quantitative estimate of drug-likeness (QED) is 0.435. The number of nitrogens with one attached hydrogen (secondary N) is 2. The minimum absolute atomic E-state index is 0.0253. The first kappa shape index (κ1) is 19.9. The third kappa shape index (κ3) is 3.86. The zero-order chi connectivity index (χ0) is 21.1. The summed E-state index contributed by atoms with van der Waals surface area (Å²) in [4.78, 5) is 26.3. The van der Waals surface area contributed by atoms with E-state index in [4.69, 9.17) is 5.21 Å². The first-order valence-electron chi connectivity index (χ1n) is 10.1. The second-order valence-corrected chi connectivity index (χ2v) is 7.71. The minimum atomic E-state index is -0.559. The highest BCUT2D eigenvalue weighted by Crippen LogP contribution is 2.30. The van der Waals surface area contributed by atoms with E-state index in [1.807, 2.05) is 24.3 Å². The summed E-state index contributed by atoms with van der Waals surface area (Å²) in [6.45, 7) is 3.50. The smallest absolute Gasteiger partial charge is 0.274 e. The lowest BCUT2D eigenvalue weighted by atomic mass is 9.93. The topological polar surface area (TPSA) is 81.7 Å². The van der Waals surface area contributed by atoms with E-state index in [0.717, 1.165) is 12.1 Å². The predicted molar refractivity (Wildman–Crippen MR) is 117 cm³/mol. The summed E-state index contributed by atoms with van der Waals surface area (Å²) >= 11 is 0. The predicted octanol–water partition coefficient (Wildman–Crippen LogP) is 3.46. The third-order valence-electron chi connectivity index (χ3n) is 5.78. The van der Waals surface area contributed by atoms with Crippen molar-refractivity contribution in [1.82, 2.24) is 10.8 Å². The van der Waals surface area contributed by atoms with Crippen LogP contribution in [0.4, 0.5) is 5.69 Å². The van der Waals surface area contributed by atoms with Gasteiger partial charge in [0.1, 0.15) is 6.04 Å². The Morgan fingerprint density at radius 3 is 2.57 bits per heavy atom. The summed E-state index contributed by atoms with van der Waals surface area (Å²) in [5.74, 6) is -0.349. The SMILES string of the molecule is CC(CN(c1ccc(C(=O)NO)cc1)C1CCNC1=O)c1cccc2ccccc12. The Balaban J connectivity index is 1.66. The van der Waals surface area contributed by atoms with E-state index in [2.05, 4.69) is 47.5 Å². The van der Waals surface area contributed by atoms with Gasteiger partial charge in [0, 0.05) is 24.3 Å². The Kier molecular flexibility index (Phi) is 5.68. The van der Waals surface area contributed by atoms with Crippen molar-refractivity contribution in [3.8, 4) is 0 Å². The Hall–Kier alpha value is -3.38. The Morgan fingerprint density at radius 1 is 1.13 bits per heavy atom. The van der Waals surface area contributed by atoms with E-state index in [1.54, 1.807) is 17.6 Å². The molecule has 1 aliphatic rings. The van der Waals surface area contributed by atoms with Gasteiger partial charge in [-0.25, -0.2) is 5.48 Å². The highest BCUT2D eigenvalue weighted by Gasteiger charge is 2.31. The number of benzene rings is 3. The van der Waals surface area contributed by atoms with Gasteiger partial charge in [0.2, 0.25) is 5.91 Å². The van der Waals surface area contributed by atoms with E-state index >= 15 is 0 Å². The second kappa shape index (κ2) is 8.55. The molecule has 4 rings (SSSR count). The molecule has 0 saturated carbocycles. The molecule has 0 bridgehead atoms. The number of amides is 2. The van der Waals surface area contributed by atoms with Crippen molar-refractivity contribution in [3.05, 3.63) is 77.9 Å². The molecule has 6 nitrogen and oxygen atoms in total. The molecule has 2 unspecified atom stereocenters. The number of hydrogen-bond acceptors (Lipinski definition) is 4.